The van der Waals surface area contributed by atoms with Gasteiger partial charge in [-0.3, -0.25) is 4.68 Å². The largest absolute Gasteiger partial charge is 0.305 e. The van der Waals surface area contributed by atoms with Crippen LogP contribution < -0.4 is 5.32 Å². The Morgan fingerprint density at radius 1 is 1.25 bits per heavy atom. The Labute approximate surface area is 122 Å². The van der Waals surface area contributed by atoms with Crippen LogP contribution in [0.2, 0.25) is 0 Å². The summed E-state index contributed by atoms with van der Waals surface area (Å²) < 4.78 is 2.01. The molecule has 1 unspecified atom stereocenters. The normalized spacial score (nSPS) is 12.6. The van der Waals surface area contributed by atoms with Gasteiger partial charge in [-0.2, -0.15) is 5.10 Å². The summed E-state index contributed by atoms with van der Waals surface area (Å²) in [4.78, 5) is 0. The zero-order chi connectivity index (χ0) is 14.5. The monoisotopic (exact) mass is 271 g/mol. The number of benzene rings is 1. The third-order valence-corrected chi connectivity index (χ3v) is 3.72. The zero-order valence-corrected chi connectivity index (χ0v) is 13.0. The molecule has 0 saturated heterocycles. The van der Waals surface area contributed by atoms with Crippen molar-refractivity contribution in [3.63, 3.8) is 0 Å². The third-order valence-electron chi connectivity index (χ3n) is 3.72. The fourth-order valence-electron chi connectivity index (χ4n) is 2.56. The van der Waals surface area contributed by atoms with Crippen molar-refractivity contribution in [1.82, 2.24) is 15.1 Å². The molecule has 3 nitrogen and oxygen atoms in total. The Morgan fingerprint density at radius 2 is 2.00 bits per heavy atom. The summed E-state index contributed by atoms with van der Waals surface area (Å²) in [5, 5.41) is 8.25. The van der Waals surface area contributed by atoms with Gasteiger partial charge in [-0.05, 0) is 43.5 Å². The maximum Gasteiger partial charge on any atom is 0.0750 e. The first kappa shape index (κ1) is 14.8. The molecule has 2 aromatic rings. The minimum atomic E-state index is 0.217. The van der Waals surface area contributed by atoms with Crippen LogP contribution >= 0.6 is 0 Å². The van der Waals surface area contributed by atoms with Gasteiger partial charge in [0.1, 0.15) is 0 Å². The van der Waals surface area contributed by atoms with E-state index >= 15 is 0 Å². The number of aromatic nitrogens is 2. The molecule has 1 heterocycles. The molecule has 2 rings (SSSR count). The van der Waals surface area contributed by atoms with Crippen LogP contribution in [0.1, 0.15) is 48.8 Å². The Balaban J connectivity index is 2.41. The molecule has 0 fully saturated rings. The highest BCUT2D eigenvalue weighted by Crippen LogP contribution is 2.25. The van der Waals surface area contributed by atoms with Crippen molar-refractivity contribution in [2.45, 2.75) is 39.7 Å². The lowest BCUT2D eigenvalue weighted by molar-refractivity contribution is 0.551. The number of aryl methyl sites for hydroxylation is 3. The predicted octanol–water partition coefficient (Wildman–Crippen LogP) is 3.38. The Kier molecular flexibility index (Phi) is 4.96. The van der Waals surface area contributed by atoms with Crippen molar-refractivity contribution in [2.75, 3.05) is 6.54 Å². The maximum absolute atomic E-state index is 4.59. The zero-order valence-electron chi connectivity index (χ0n) is 13.0. The summed E-state index contributed by atoms with van der Waals surface area (Å²) in [6.45, 7) is 7.52. The molecule has 1 aromatic heterocycles. The molecule has 0 aliphatic carbocycles. The van der Waals surface area contributed by atoms with Crippen molar-refractivity contribution in [3.05, 3.63) is 52.8 Å². The van der Waals surface area contributed by atoms with Crippen LogP contribution in [0.3, 0.4) is 0 Å². The molecule has 3 heteroatoms. The Hall–Kier alpha value is -1.61. The summed E-state index contributed by atoms with van der Waals surface area (Å²) >= 11 is 0. The molecule has 0 spiro atoms. The molecule has 0 radical (unpaired) electrons. The SMILES string of the molecule is CCCNC(c1ccccc1C)c1cc(CC)nn1C. The quantitative estimate of drug-likeness (QED) is 0.873. The van der Waals surface area contributed by atoms with E-state index in [1.54, 1.807) is 0 Å². The number of rotatable bonds is 6. The van der Waals surface area contributed by atoms with Crippen LogP contribution in [0.4, 0.5) is 0 Å². The van der Waals surface area contributed by atoms with Gasteiger partial charge in [0.25, 0.3) is 0 Å². The van der Waals surface area contributed by atoms with Gasteiger partial charge in [0.05, 0.1) is 17.4 Å². The van der Waals surface area contributed by atoms with E-state index < -0.39 is 0 Å². The highest BCUT2D eigenvalue weighted by Gasteiger charge is 2.19. The second kappa shape index (κ2) is 6.71. The number of hydrogen-bond acceptors (Lipinski definition) is 2. The van der Waals surface area contributed by atoms with Crippen LogP contribution in [0.15, 0.2) is 30.3 Å². The Morgan fingerprint density at radius 3 is 2.60 bits per heavy atom. The van der Waals surface area contributed by atoms with E-state index in [1.165, 1.54) is 16.8 Å². The van der Waals surface area contributed by atoms with Crippen LogP contribution in [0, 0.1) is 6.92 Å². The van der Waals surface area contributed by atoms with Crippen molar-refractivity contribution in [1.29, 1.82) is 0 Å². The topological polar surface area (TPSA) is 29.9 Å². The van der Waals surface area contributed by atoms with Crippen LogP contribution in [0.25, 0.3) is 0 Å². The van der Waals surface area contributed by atoms with Gasteiger partial charge in [-0.15, -0.1) is 0 Å². The number of nitrogens with one attached hydrogen (secondary N) is 1. The van der Waals surface area contributed by atoms with Crippen molar-refractivity contribution in [2.24, 2.45) is 7.05 Å². The smallest absolute Gasteiger partial charge is 0.0750 e. The van der Waals surface area contributed by atoms with Gasteiger partial charge in [-0.25, -0.2) is 0 Å². The van der Waals surface area contributed by atoms with Crippen molar-refractivity contribution >= 4 is 0 Å². The van der Waals surface area contributed by atoms with E-state index in [0.717, 1.165) is 25.1 Å². The molecule has 0 saturated carbocycles. The number of hydrogen-bond donors (Lipinski definition) is 1. The van der Waals surface area contributed by atoms with E-state index in [0.29, 0.717) is 0 Å². The molecular formula is C17H25N3. The lowest BCUT2D eigenvalue weighted by Crippen LogP contribution is -2.25. The van der Waals surface area contributed by atoms with Crippen molar-refractivity contribution < 1.29 is 0 Å². The van der Waals surface area contributed by atoms with Gasteiger partial charge < -0.3 is 5.32 Å². The average molecular weight is 271 g/mol. The van der Waals surface area contributed by atoms with Crippen LogP contribution in [0.5, 0.6) is 0 Å². The van der Waals surface area contributed by atoms with Crippen LogP contribution in [-0.4, -0.2) is 16.3 Å². The first-order valence-electron chi connectivity index (χ1n) is 7.49. The highest BCUT2D eigenvalue weighted by molar-refractivity contribution is 5.35. The summed E-state index contributed by atoms with van der Waals surface area (Å²) in [7, 11) is 2.04. The van der Waals surface area contributed by atoms with Crippen LogP contribution in [-0.2, 0) is 13.5 Å². The molecule has 20 heavy (non-hydrogen) atoms. The average Bonchev–Trinajstić information content (AvgIpc) is 2.82. The molecular weight excluding hydrogens is 246 g/mol. The van der Waals surface area contributed by atoms with Gasteiger partial charge >= 0.3 is 0 Å². The fraction of sp³-hybridized carbons (Fsp3) is 0.471. The van der Waals surface area contributed by atoms with E-state index in [-0.39, 0.29) is 6.04 Å². The van der Waals surface area contributed by atoms with E-state index in [9.17, 15) is 0 Å². The molecule has 1 atom stereocenters. The summed E-state index contributed by atoms with van der Waals surface area (Å²) in [6.07, 6.45) is 2.10. The molecule has 1 aromatic carbocycles. The van der Waals surface area contributed by atoms with Gasteiger partial charge in [-0.1, -0.05) is 38.1 Å². The molecule has 0 amide bonds. The first-order valence-corrected chi connectivity index (χ1v) is 7.49. The predicted molar refractivity (Wildman–Crippen MR) is 83.9 cm³/mol. The molecule has 0 aliphatic rings. The molecule has 0 aliphatic heterocycles. The van der Waals surface area contributed by atoms with Gasteiger partial charge in [0.15, 0.2) is 0 Å². The number of nitrogens with zero attached hydrogens (tertiary/aromatic N) is 2. The third kappa shape index (κ3) is 3.10. The summed E-state index contributed by atoms with van der Waals surface area (Å²) in [5.74, 6) is 0. The lowest BCUT2D eigenvalue weighted by Gasteiger charge is -2.21. The van der Waals surface area contributed by atoms with E-state index in [1.807, 2.05) is 11.7 Å². The minimum Gasteiger partial charge on any atom is -0.305 e. The maximum atomic E-state index is 4.59. The Bertz CT molecular complexity index is 557. The first-order chi connectivity index (χ1) is 9.67. The van der Waals surface area contributed by atoms with E-state index in [4.69, 9.17) is 0 Å². The van der Waals surface area contributed by atoms with E-state index in [2.05, 4.69) is 61.5 Å². The summed E-state index contributed by atoms with van der Waals surface area (Å²) in [5.41, 5.74) is 5.05. The highest BCUT2D eigenvalue weighted by atomic mass is 15.3. The second-order valence-electron chi connectivity index (χ2n) is 5.28. The molecule has 0 bridgehead atoms. The standard InChI is InChI=1S/C17H25N3/c1-5-11-18-17(15-10-8-7-9-13(15)3)16-12-14(6-2)19-20(16)4/h7-10,12,17-18H,5-6,11H2,1-4H3. The van der Waals surface area contributed by atoms with Gasteiger partial charge in [0, 0.05) is 7.05 Å². The van der Waals surface area contributed by atoms with Gasteiger partial charge in [0.2, 0.25) is 0 Å². The molecule has 108 valence electrons. The lowest BCUT2D eigenvalue weighted by atomic mass is 9.98. The minimum absolute atomic E-state index is 0.217. The van der Waals surface area contributed by atoms with Crippen molar-refractivity contribution in [3.8, 4) is 0 Å². The summed E-state index contributed by atoms with van der Waals surface area (Å²) in [6, 6.07) is 11.0. The fourth-order valence-corrected chi connectivity index (χ4v) is 2.56. The second-order valence-corrected chi connectivity index (χ2v) is 5.28. The molecule has 1 N–H and O–H groups in total.